The number of benzene rings is 2. The van der Waals surface area contributed by atoms with Gasteiger partial charge in [-0.3, -0.25) is 14.1 Å². The van der Waals surface area contributed by atoms with Gasteiger partial charge in [-0.2, -0.15) is 5.26 Å². The maximum absolute atomic E-state index is 11.1. The smallest absolute Gasteiger partial charge is 0.229 e. The molecule has 35 heavy (non-hydrogen) atoms. The number of rotatable bonds is 6. The van der Waals surface area contributed by atoms with Gasteiger partial charge in [0.1, 0.15) is 4.60 Å². The van der Waals surface area contributed by atoms with E-state index in [-0.39, 0.29) is 0 Å². The molecule has 9 heteroatoms. The van der Waals surface area contributed by atoms with E-state index in [2.05, 4.69) is 79.1 Å². The van der Waals surface area contributed by atoms with E-state index in [1.807, 2.05) is 30.3 Å². The summed E-state index contributed by atoms with van der Waals surface area (Å²) in [5.74, 6) is 1.04. The van der Waals surface area contributed by atoms with Gasteiger partial charge < -0.3 is 0 Å². The molecule has 3 aromatic rings. The fourth-order valence-electron chi connectivity index (χ4n) is 2.72. The van der Waals surface area contributed by atoms with Crippen LogP contribution in [0.5, 0.6) is 0 Å². The molecular weight excluding hydrogens is 534 g/mol. The highest BCUT2D eigenvalue weighted by atomic mass is 79.9. The molecule has 1 N–H and O–H groups in total. The average Bonchev–Trinajstić information content (AvgIpc) is 3.28. The minimum atomic E-state index is -1.75. The summed E-state index contributed by atoms with van der Waals surface area (Å²) in [7, 11) is 0. The van der Waals surface area contributed by atoms with E-state index in [9.17, 15) is 18.8 Å². The van der Waals surface area contributed by atoms with Crippen LogP contribution in [0, 0.1) is 17.2 Å². The van der Waals surface area contributed by atoms with Crippen molar-refractivity contribution >= 4 is 45.8 Å². The summed E-state index contributed by atoms with van der Waals surface area (Å²) in [6.45, 7) is 9.15. The van der Waals surface area contributed by atoms with E-state index >= 15 is 0 Å². The monoisotopic (exact) mass is 568 g/mol. The van der Waals surface area contributed by atoms with Crippen LogP contribution in [0.2, 0.25) is 0 Å². The largest absolute Gasteiger partial charge is 0.294 e. The first-order valence-corrected chi connectivity index (χ1v) is 12.7. The predicted octanol–water partition coefficient (Wildman–Crippen LogP) is 8.02. The number of unbranched alkanes of at least 4 members (excludes halogenated alkanes) is 1. The lowest BCUT2D eigenvalue weighted by Crippen LogP contribution is -2.24. The van der Waals surface area contributed by atoms with Gasteiger partial charge in [-0.1, -0.05) is 84.0 Å². The quantitative estimate of drug-likeness (QED) is 0.233. The van der Waals surface area contributed by atoms with Gasteiger partial charge in [0, 0.05) is 16.8 Å². The van der Waals surface area contributed by atoms with Crippen LogP contribution < -0.4 is 4.72 Å². The number of hydrogen-bond donors (Lipinski definition) is 2. The standard InChI is InChI=1S/C15H8BrN3O.C6H15NS.C4H10.CH2F2/c16-14-8-18-15(9-20)19(14)13-6-5-10(7-17)11-3-1-2-4-12(11)13;1-4-5(2)6(3)7-8;1-3-4-2;2-1-3/h1-6,8-9H;5-8H,4H2,1-3H3;3-4H2,1-2H3;1H2. The lowest BCUT2D eigenvalue weighted by molar-refractivity contribution is 0.111. The van der Waals surface area contributed by atoms with Crippen molar-refractivity contribution in [3.63, 3.8) is 0 Å². The molecule has 2 unspecified atom stereocenters. The van der Waals surface area contributed by atoms with Crippen molar-refractivity contribution in [2.24, 2.45) is 5.92 Å². The molecule has 0 radical (unpaired) electrons. The number of fused-ring (bicyclic) bond motifs is 1. The molecule has 0 fully saturated rings. The molecule has 2 atom stereocenters. The van der Waals surface area contributed by atoms with Gasteiger partial charge in [-0.25, -0.2) is 13.8 Å². The van der Waals surface area contributed by atoms with Crippen LogP contribution in [0.1, 0.15) is 70.1 Å². The first-order valence-electron chi connectivity index (χ1n) is 11.4. The summed E-state index contributed by atoms with van der Waals surface area (Å²) in [4.78, 5) is 15.2. The Balaban J connectivity index is 0.000000641. The third-order valence-electron chi connectivity index (χ3n) is 5.32. The Morgan fingerprint density at radius 1 is 1.14 bits per heavy atom. The summed E-state index contributed by atoms with van der Waals surface area (Å²) < 4.78 is 24.6. The number of carbonyl (C=O) groups is 1. The van der Waals surface area contributed by atoms with Crippen LogP contribution in [-0.4, -0.2) is 28.8 Å². The summed E-state index contributed by atoms with van der Waals surface area (Å²) in [6.07, 6.45) is 6.14. The van der Waals surface area contributed by atoms with Gasteiger partial charge >= 0.3 is 0 Å². The molecule has 0 amide bonds. The summed E-state index contributed by atoms with van der Waals surface area (Å²) in [6, 6.07) is 13.9. The van der Waals surface area contributed by atoms with Crippen LogP contribution >= 0.6 is 28.7 Å². The first-order chi connectivity index (χ1) is 16.8. The van der Waals surface area contributed by atoms with Crippen LogP contribution in [0.3, 0.4) is 0 Å². The van der Waals surface area contributed by atoms with Gasteiger partial charge in [-0.15, -0.1) is 0 Å². The number of nitrogens with zero attached hydrogens (tertiary/aromatic N) is 3. The molecular formula is C26H35BrF2N4OS. The lowest BCUT2D eigenvalue weighted by Gasteiger charge is -2.15. The topological polar surface area (TPSA) is 70.7 Å². The van der Waals surface area contributed by atoms with Crippen molar-refractivity contribution in [1.82, 2.24) is 14.3 Å². The van der Waals surface area contributed by atoms with Gasteiger partial charge in [-0.05, 0) is 40.9 Å². The van der Waals surface area contributed by atoms with E-state index in [1.165, 1.54) is 19.3 Å². The molecule has 3 rings (SSSR count). The van der Waals surface area contributed by atoms with Crippen LogP contribution in [0.4, 0.5) is 8.78 Å². The number of thiol groups is 1. The normalized spacial score (nSPS) is 11.4. The van der Waals surface area contributed by atoms with Crippen molar-refractivity contribution in [1.29, 1.82) is 5.26 Å². The Kier molecular flexibility index (Phi) is 17.7. The molecule has 0 aliphatic carbocycles. The Morgan fingerprint density at radius 3 is 2.14 bits per heavy atom. The predicted molar refractivity (Wildman–Crippen MR) is 148 cm³/mol. The second kappa shape index (κ2) is 19.0. The van der Waals surface area contributed by atoms with Gasteiger partial charge in [0.05, 0.1) is 23.5 Å². The lowest BCUT2D eigenvalue weighted by atomic mass is 10.0. The van der Waals surface area contributed by atoms with Gasteiger partial charge in [0.2, 0.25) is 6.93 Å². The minimum Gasteiger partial charge on any atom is -0.294 e. The van der Waals surface area contributed by atoms with Gasteiger partial charge in [0.25, 0.3) is 0 Å². The molecule has 5 nitrogen and oxygen atoms in total. The number of nitrogens with one attached hydrogen (secondary N) is 1. The second-order valence-corrected chi connectivity index (χ2v) is 8.66. The van der Waals surface area contributed by atoms with Crippen LogP contribution in [0.15, 0.2) is 47.2 Å². The first kappa shape index (κ1) is 32.7. The summed E-state index contributed by atoms with van der Waals surface area (Å²) in [5.41, 5.74) is 1.42. The Labute approximate surface area is 221 Å². The molecule has 0 saturated carbocycles. The second-order valence-electron chi connectivity index (χ2n) is 7.59. The summed E-state index contributed by atoms with van der Waals surface area (Å²) in [5, 5.41) is 10.9. The fraction of sp³-hybridized carbons (Fsp3) is 0.423. The highest BCUT2D eigenvalue weighted by molar-refractivity contribution is 9.10. The minimum absolute atomic E-state index is 0.312. The van der Waals surface area contributed by atoms with Crippen LogP contribution in [-0.2, 0) is 0 Å². The van der Waals surface area contributed by atoms with Crippen molar-refractivity contribution in [2.75, 3.05) is 6.93 Å². The molecule has 0 spiro atoms. The number of aldehydes is 1. The zero-order valence-corrected chi connectivity index (χ0v) is 23.4. The Hall–Kier alpha value is -2.28. The highest BCUT2D eigenvalue weighted by Gasteiger charge is 2.13. The SMILES string of the molecule is CCC(C)C(C)NS.CCCC.FCF.N#Cc1ccc(-n2c(Br)cnc2C=O)c2ccccc12. The maximum atomic E-state index is 11.1. The Morgan fingerprint density at radius 2 is 1.71 bits per heavy atom. The molecule has 0 aliphatic rings. The molecule has 192 valence electrons. The van der Waals surface area contributed by atoms with E-state index in [0.717, 1.165) is 22.4 Å². The fourth-order valence-corrected chi connectivity index (χ4v) is 3.45. The van der Waals surface area contributed by atoms with E-state index in [1.54, 1.807) is 16.8 Å². The van der Waals surface area contributed by atoms with Crippen LogP contribution in [0.25, 0.3) is 16.5 Å². The summed E-state index contributed by atoms with van der Waals surface area (Å²) >= 11 is 7.35. The van der Waals surface area contributed by atoms with Crippen molar-refractivity contribution in [3.8, 4) is 11.8 Å². The van der Waals surface area contributed by atoms with E-state index in [0.29, 0.717) is 28.3 Å². The third-order valence-corrected chi connectivity index (χ3v) is 6.28. The maximum Gasteiger partial charge on any atom is 0.229 e. The molecule has 0 saturated heterocycles. The van der Waals surface area contributed by atoms with Crippen molar-refractivity contribution in [2.45, 2.75) is 59.9 Å². The zero-order chi connectivity index (χ0) is 26.8. The molecule has 1 heterocycles. The van der Waals surface area contributed by atoms with Crippen molar-refractivity contribution in [3.05, 3.63) is 58.6 Å². The number of imidazole rings is 1. The molecule has 1 aromatic heterocycles. The number of nitriles is 1. The number of aromatic nitrogens is 2. The Bertz CT molecular complexity index is 1050. The van der Waals surface area contributed by atoms with E-state index < -0.39 is 6.93 Å². The number of carbonyl (C=O) groups excluding carboxylic acids is 1. The number of alkyl halides is 2. The molecule has 0 bridgehead atoms. The van der Waals surface area contributed by atoms with E-state index in [4.69, 9.17) is 0 Å². The highest BCUT2D eigenvalue weighted by Crippen LogP contribution is 2.28. The average molecular weight is 570 g/mol. The third kappa shape index (κ3) is 10.5. The van der Waals surface area contributed by atoms with Gasteiger partial charge in [0.15, 0.2) is 12.1 Å². The molecule has 2 aromatic carbocycles. The zero-order valence-electron chi connectivity index (χ0n) is 20.9. The number of hydrogen-bond acceptors (Lipinski definition) is 5. The van der Waals surface area contributed by atoms with Crippen molar-refractivity contribution < 1.29 is 13.6 Å². The number of halogens is 3. The molecule has 0 aliphatic heterocycles.